The maximum atomic E-state index is 12.1. The van der Waals surface area contributed by atoms with Crippen LogP contribution < -0.4 is 10.2 Å². The first-order valence-corrected chi connectivity index (χ1v) is 8.10. The molecule has 0 bridgehead atoms. The van der Waals surface area contributed by atoms with E-state index in [2.05, 4.69) is 11.4 Å². The van der Waals surface area contributed by atoms with Crippen LogP contribution in [0, 0.1) is 18.3 Å². The number of hydrogen-bond donors (Lipinski definition) is 1. The summed E-state index contributed by atoms with van der Waals surface area (Å²) in [6.45, 7) is 4.15. The Balaban J connectivity index is 1.92. The van der Waals surface area contributed by atoms with Crippen LogP contribution in [-0.4, -0.2) is 24.9 Å². The van der Waals surface area contributed by atoms with E-state index in [1.165, 1.54) is 6.92 Å². The van der Waals surface area contributed by atoms with E-state index in [0.717, 1.165) is 11.1 Å². The summed E-state index contributed by atoms with van der Waals surface area (Å²) in [5.74, 6) is -0.220. The summed E-state index contributed by atoms with van der Waals surface area (Å²) in [7, 11) is 0. The summed E-state index contributed by atoms with van der Waals surface area (Å²) < 4.78 is 0. The number of carbonyl (C=O) groups excluding carboxylic acids is 2. The van der Waals surface area contributed by atoms with Gasteiger partial charge in [0.15, 0.2) is 0 Å². The summed E-state index contributed by atoms with van der Waals surface area (Å²) in [5, 5.41) is 11.8. The number of nitriles is 1. The molecule has 128 valence electrons. The Labute approximate surface area is 147 Å². The SMILES string of the molecule is CC(=O)N(CCNC(=O)Cc1cccc(C)c1)c1cccc(C#N)c1. The number of nitrogens with one attached hydrogen (secondary N) is 1. The second kappa shape index (κ2) is 8.65. The first-order valence-electron chi connectivity index (χ1n) is 8.10. The molecule has 0 spiro atoms. The smallest absolute Gasteiger partial charge is 0.224 e. The molecule has 5 nitrogen and oxygen atoms in total. The zero-order valence-electron chi connectivity index (χ0n) is 14.5. The summed E-state index contributed by atoms with van der Waals surface area (Å²) in [5.41, 5.74) is 3.22. The molecule has 5 heteroatoms. The van der Waals surface area contributed by atoms with Crippen LogP contribution in [0.4, 0.5) is 5.69 Å². The third kappa shape index (κ3) is 5.47. The first-order chi connectivity index (χ1) is 12.0. The lowest BCUT2D eigenvalue weighted by molar-refractivity contribution is -0.121. The topological polar surface area (TPSA) is 73.2 Å². The average molecular weight is 335 g/mol. The van der Waals surface area contributed by atoms with E-state index in [9.17, 15) is 9.59 Å². The number of rotatable bonds is 6. The number of amides is 2. The Morgan fingerprint density at radius 3 is 2.60 bits per heavy atom. The summed E-state index contributed by atoms with van der Waals surface area (Å²) in [4.78, 5) is 25.5. The lowest BCUT2D eigenvalue weighted by Gasteiger charge is -2.21. The van der Waals surface area contributed by atoms with E-state index in [0.29, 0.717) is 30.8 Å². The zero-order chi connectivity index (χ0) is 18.2. The van der Waals surface area contributed by atoms with Gasteiger partial charge < -0.3 is 10.2 Å². The van der Waals surface area contributed by atoms with Gasteiger partial charge >= 0.3 is 0 Å². The monoisotopic (exact) mass is 335 g/mol. The van der Waals surface area contributed by atoms with Crippen LogP contribution in [0.2, 0.25) is 0 Å². The fraction of sp³-hybridized carbons (Fsp3) is 0.250. The fourth-order valence-electron chi connectivity index (χ4n) is 2.59. The summed E-state index contributed by atoms with van der Waals surface area (Å²) in [6.07, 6.45) is 0.311. The van der Waals surface area contributed by atoms with Crippen LogP contribution in [0.15, 0.2) is 48.5 Å². The predicted molar refractivity (Wildman–Crippen MR) is 97.1 cm³/mol. The minimum Gasteiger partial charge on any atom is -0.354 e. The average Bonchev–Trinajstić information content (AvgIpc) is 2.58. The number of nitrogens with zero attached hydrogens (tertiary/aromatic N) is 2. The van der Waals surface area contributed by atoms with Gasteiger partial charge in [-0.2, -0.15) is 5.26 Å². The fourth-order valence-corrected chi connectivity index (χ4v) is 2.59. The number of hydrogen-bond acceptors (Lipinski definition) is 3. The molecule has 0 atom stereocenters. The van der Waals surface area contributed by atoms with Crippen LogP contribution in [0.25, 0.3) is 0 Å². The van der Waals surface area contributed by atoms with Gasteiger partial charge in [0, 0.05) is 25.7 Å². The van der Waals surface area contributed by atoms with E-state index in [1.54, 1.807) is 29.2 Å². The minimum absolute atomic E-state index is 0.0834. The molecule has 2 rings (SSSR count). The van der Waals surface area contributed by atoms with Gasteiger partial charge in [-0.25, -0.2) is 0 Å². The Morgan fingerprint density at radius 2 is 1.92 bits per heavy atom. The van der Waals surface area contributed by atoms with Gasteiger partial charge in [-0.15, -0.1) is 0 Å². The molecule has 0 unspecified atom stereocenters. The molecule has 1 N–H and O–H groups in total. The molecule has 0 aliphatic carbocycles. The Hall–Kier alpha value is -3.13. The summed E-state index contributed by atoms with van der Waals surface area (Å²) >= 11 is 0. The van der Waals surface area contributed by atoms with Crippen molar-refractivity contribution in [3.8, 4) is 6.07 Å². The molecule has 0 saturated heterocycles. The van der Waals surface area contributed by atoms with Gasteiger partial charge in [-0.1, -0.05) is 35.9 Å². The minimum atomic E-state index is -0.136. The highest BCUT2D eigenvalue weighted by atomic mass is 16.2. The van der Waals surface area contributed by atoms with E-state index < -0.39 is 0 Å². The Morgan fingerprint density at radius 1 is 1.16 bits per heavy atom. The van der Waals surface area contributed by atoms with Gasteiger partial charge in [0.25, 0.3) is 0 Å². The molecular formula is C20H21N3O2. The van der Waals surface area contributed by atoms with Gasteiger partial charge in [-0.05, 0) is 30.7 Å². The van der Waals surface area contributed by atoms with Crippen molar-refractivity contribution in [2.75, 3.05) is 18.0 Å². The van der Waals surface area contributed by atoms with Crippen LogP contribution in [0.3, 0.4) is 0 Å². The van der Waals surface area contributed by atoms with E-state index in [-0.39, 0.29) is 11.8 Å². The van der Waals surface area contributed by atoms with Crippen molar-refractivity contribution in [3.05, 3.63) is 65.2 Å². The zero-order valence-corrected chi connectivity index (χ0v) is 14.5. The van der Waals surface area contributed by atoms with Gasteiger partial charge in [-0.3, -0.25) is 9.59 Å². The van der Waals surface area contributed by atoms with Gasteiger partial charge in [0.1, 0.15) is 0 Å². The molecule has 2 aromatic carbocycles. The first kappa shape index (κ1) is 18.2. The van der Waals surface area contributed by atoms with Crippen molar-refractivity contribution < 1.29 is 9.59 Å². The third-order valence-electron chi connectivity index (χ3n) is 3.77. The lowest BCUT2D eigenvalue weighted by atomic mass is 10.1. The van der Waals surface area contributed by atoms with Crippen molar-refractivity contribution in [1.29, 1.82) is 5.26 Å². The second-order valence-corrected chi connectivity index (χ2v) is 5.85. The van der Waals surface area contributed by atoms with Crippen molar-refractivity contribution in [3.63, 3.8) is 0 Å². The molecule has 0 aliphatic rings. The molecule has 0 fully saturated rings. The second-order valence-electron chi connectivity index (χ2n) is 5.85. The van der Waals surface area contributed by atoms with Crippen LogP contribution >= 0.6 is 0 Å². The van der Waals surface area contributed by atoms with Crippen molar-refractivity contribution in [1.82, 2.24) is 5.32 Å². The highest BCUT2D eigenvalue weighted by Crippen LogP contribution is 2.15. The molecule has 0 radical (unpaired) electrons. The normalized spacial score (nSPS) is 9.96. The number of aryl methyl sites for hydroxylation is 1. The Kier molecular flexibility index (Phi) is 6.30. The van der Waals surface area contributed by atoms with E-state index in [1.807, 2.05) is 31.2 Å². The highest BCUT2D eigenvalue weighted by molar-refractivity contribution is 5.91. The molecule has 0 saturated carbocycles. The van der Waals surface area contributed by atoms with Gasteiger partial charge in [0.2, 0.25) is 11.8 Å². The molecular weight excluding hydrogens is 314 g/mol. The Bertz CT molecular complexity index is 809. The molecule has 25 heavy (non-hydrogen) atoms. The molecule has 0 aliphatic heterocycles. The van der Waals surface area contributed by atoms with Crippen molar-refractivity contribution in [2.24, 2.45) is 0 Å². The summed E-state index contributed by atoms with van der Waals surface area (Å²) in [6, 6.07) is 16.7. The maximum absolute atomic E-state index is 12.1. The lowest BCUT2D eigenvalue weighted by Crippen LogP contribution is -2.38. The van der Waals surface area contributed by atoms with Gasteiger partial charge in [0.05, 0.1) is 18.1 Å². The molecule has 2 aromatic rings. The molecule has 2 amide bonds. The standard InChI is InChI=1S/C20H21N3O2/c1-15-5-3-6-17(11-15)13-20(25)22-9-10-23(16(2)24)19-8-4-7-18(12-19)14-21/h3-8,11-12H,9-10,13H2,1-2H3,(H,22,25). The number of benzene rings is 2. The highest BCUT2D eigenvalue weighted by Gasteiger charge is 2.12. The maximum Gasteiger partial charge on any atom is 0.224 e. The third-order valence-corrected chi connectivity index (χ3v) is 3.77. The van der Waals surface area contributed by atoms with Crippen molar-refractivity contribution >= 4 is 17.5 Å². The molecule has 0 heterocycles. The van der Waals surface area contributed by atoms with E-state index >= 15 is 0 Å². The van der Waals surface area contributed by atoms with Crippen LogP contribution in [0.5, 0.6) is 0 Å². The largest absolute Gasteiger partial charge is 0.354 e. The quantitative estimate of drug-likeness (QED) is 0.882. The number of anilines is 1. The van der Waals surface area contributed by atoms with E-state index in [4.69, 9.17) is 5.26 Å². The number of carbonyl (C=O) groups is 2. The van der Waals surface area contributed by atoms with Crippen LogP contribution in [0.1, 0.15) is 23.6 Å². The molecule has 0 aromatic heterocycles. The van der Waals surface area contributed by atoms with Crippen molar-refractivity contribution in [2.45, 2.75) is 20.3 Å². The van der Waals surface area contributed by atoms with Crippen LogP contribution in [-0.2, 0) is 16.0 Å². The predicted octanol–water partition coefficient (Wildman–Crippen LogP) is 2.58.